The predicted octanol–water partition coefficient (Wildman–Crippen LogP) is 2.91. The molecule has 0 unspecified atom stereocenters. The molecule has 130 valence electrons. The van der Waals surface area contributed by atoms with E-state index in [0.29, 0.717) is 12.5 Å². The predicted molar refractivity (Wildman–Crippen MR) is 98.7 cm³/mol. The van der Waals surface area contributed by atoms with Gasteiger partial charge in [0, 0.05) is 37.9 Å². The minimum Gasteiger partial charge on any atom is -0.326 e. The van der Waals surface area contributed by atoms with E-state index in [2.05, 4.69) is 35.6 Å². The first kappa shape index (κ1) is 18.5. The molecule has 1 aliphatic heterocycles. The van der Waals surface area contributed by atoms with Gasteiger partial charge in [0.15, 0.2) is 0 Å². The van der Waals surface area contributed by atoms with E-state index in [1.807, 2.05) is 37.6 Å². The highest BCUT2D eigenvalue weighted by atomic mass is 35.5. The summed E-state index contributed by atoms with van der Waals surface area (Å²) in [6.45, 7) is 5.80. The van der Waals surface area contributed by atoms with Crippen LogP contribution < -0.4 is 10.6 Å². The lowest BCUT2D eigenvalue weighted by Gasteiger charge is -2.19. The number of aromatic nitrogens is 2. The van der Waals surface area contributed by atoms with E-state index in [1.165, 1.54) is 5.56 Å². The molecule has 2 aromatic rings. The summed E-state index contributed by atoms with van der Waals surface area (Å²) in [5.41, 5.74) is 3.21. The zero-order valence-electron chi connectivity index (χ0n) is 14.3. The number of benzene rings is 1. The van der Waals surface area contributed by atoms with Crippen LogP contribution in [0.3, 0.4) is 0 Å². The van der Waals surface area contributed by atoms with Crippen LogP contribution >= 0.6 is 12.4 Å². The third-order valence-electron chi connectivity index (χ3n) is 4.54. The molecule has 5 nitrogen and oxygen atoms in total. The normalized spacial score (nSPS) is 20.0. The van der Waals surface area contributed by atoms with Gasteiger partial charge in [-0.3, -0.25) is 9.48 Å². The second kappa shape index (κ2) is 7.81. The number of carbonyl (C=O) groups excluding carboxylic acids is 1. The molecular formula is C18H25ClN4O. The number of rotatable bonds is 4. The van der Waals surface area contributed by atoms with E-state index >= 15 is 0 Å². The van der Waals surface area contributed by atoms with Crippen LogP contribution in [-0.4, -0.2) is 28.8 Å². The Bertz CT molecular complexity index is 698. The average molecular weight is 349 g/mol. The van der Waals surface area contributed by atoms with Gasteiger partial charge in [-0.05, 0) is 23.1 Å². The number of para-hydroxylation sites is 1. The summed E-state index contributed by atoms with van der Waals surface area (Å²) in [7, 11) is 1.90. The van der Waals surface area contributed by atoms with Crippen molar-refractivity contribution in [2.75, 3.05) is 18.4 Å². The lowest BCUT2D eigenvalue weighted by molar-refractivity contribution is -0.119. The quantitative estimate of drug-likeness (QED) is 0.893. The van der Waals surface area contributed by atoms with Gasteiger partial charge in [-0.2, -0.15) is 5.10 Å². The van der Waals surface area contributed by atoms with E-state index < -0.39 is 0 Å². The number of hydrogen-bond donors (Lipinski definition) is 2. The molecule has 2 heterocycles. The molecule has 0 aliphatic carbocycles. The minimum atomic E-state index is -0.0700. The molecule has 6 heteroatoms. The Kier molecular flexibility index (Phi) is 6.02. The highest BCUT2D eigenvalue weighted by Gasteiger charge is 2.34. The molecule has 3 rings (SSSR count). The summed E-state index contributed by atoms with van der Waals surface area (Å²) in [6, 6.07) is 8.04. The topological polar surface area (TPSA) is 59.0 Å². The number of nitrogens with zero attached hydrogens (tertiary/aromatic N) is 2. The Morgan fingerprint density at radius 1 is 1.33 bits per heavy atom. The summed E-state index contributed by atoms with van der Waals surface area (Å²) in [5, 5.41) is 10.7. The number of amides is 1. The summed E-state index contributed by atoms with van der Waals surface area (Å²) >= 11 is 0. The Labute approximate surface area is 149 Å². The molecule has 2 N–H and O–H groups in total. The third-order valence-corrected chi connectivity index (χ3v) is 4.54. The molecule has 1 fully saturated rings. The smallest absolute Gasteiger partial charge is 0.229 e. The van der Waals surface area contributed by atoms with E-state index in [1.54, 1.807) is 4.68 Å². The van der Waals surface area contributed by atoms with Gasteiger partial charge < -0.3 is 10.6 Å². The van der Waals surface area contributed by atoms with Gasteiger partial charge in [0.05, 0.1) is 12.1 Å². The fourth-order valence-corrected chi connectivity index (χ4v) is 3.28. The summed E-state index contributed by atoms with van der Waals surface area (Å²) in [5.74, 6) is 0.564. The number of carbonyl (C=O) groups is 1. The number of anilines is 1. The fourth-order valence-electron chi connectivity index (χ4n) is 3.28. The second-order valence-corrected chi connectivity index (χ2v) is 6.55. The average Bonchev–Trinajstić information content (AvgIpc) is 3.15. The monoisotopic (exact) mass is 348 g/mol. The molecule has 0 bridgehead atoms. The van der Waals surface area contributed by atoms with Crippen molar-refractivity contribution in [1.29, 1.82) is 0 Å². The Morgan fingerprint density at radius 2 is 2.08 bits per heavy atom. The molecule has 1 amide bonds. The van der Waals surface area contributed by atoms with Gasteiger partial charge in [0.1, 0.15) is 0 Å². The van der Waals surface area contributed by atoms with Gasteiger partial charge in [-0.25, -0.2) is 0 Å². The lowest BCUT2D eigenvalue weighted by atomic mass is 9.90. The van der Waals surface area contributed by atoms with E-state index in [-0.39, 0.29) is 30.2 Å². The van der Waals surface area contributed by atoms with Gasteiger partial charge in [-0.15, -0.1) is 12.4 Å². The van der Waals surface area contributed by atoms with E-state index in [9.17, 15) is 4.79 Å². The van der Waals surface area contributed by atoms with Crippen molar-refractivity contribution in [2.24, 2.45) is 13.0 Å². The summed E-state index contributed by atoms with van der Waals surface area (Å²) < 4.78 is 1.79. The molecule has 2 atom stereocenters. The van der Waals surface area contributed by atoms with E-state index in [4.69, 9.17) is 0 Å². The maximum absolute atomic E-state index is 12.8. The minimum absolute atomic E-state index is 0. The van der Waals surface area contributed by atoms with Crippen LogP contribution in [0.4, 0.5) is 5.69 Å². The van der Waals surface area contributed by atoms with Crippen molar-refractivity contribution in [3.05, 3.63) is 47.8 Å². The van der Waals surface area contributed by atoms with Crippen LogP contribution in [0.15, 0.2) is 36.7 Å². The van der Waals surface area contributed by atoms with Crippen molar-refractivity contribution in [3.63, 3.8) is 0 Å². The van der Waals surface area contributed by atoms with Crippen molar-refractivity contribution in [3.8, 4) is 0 Å². The standard InChI is InChI=1S/C18H24N4O.ClH/c1-12(2)14-6-4-5-7-17(14)21-18(23)16-10-19-9-15(16)13-8-20-22(3)11-13;/h4-8,11-12,15-16,19H,9-10H2,1-3H3,(H,21,23);1H/t15-,16+;/m1./s1. The first-order valence-corrected chi connectivity index (χ1v) is 8.15. The molecule has 24 heavy (non-hydrogen) atoms. The Balaban J connectivity index is 0.00000208. The summed E-state index contributed by atoms with van der Waals surface area (Å²) in [4.78, 5) is 12.8. The van der Waals surface area contributed by atoms with Crippen LogP contribution in [-0.2, 0) is 11.8 Å². The molecule has 1 saturated heterocycles. The third kappa shape index (κ3) is 3.79. The Hall–Kier alpha value is -1.85. The highest BCUT2D eigenvalue weighted by Crippen LogP contribution is 2.30. The largest absolute Gasteiger partial charge is 0.326 e. The van der Waals surface area contributed by atoms with Crippen LogP contribution in [0.25, 0.3) is 0 Å². The molecule has 1 aromatic carbocycles. The molecule has 1 aliphatic rings. The number of hydrogen-bond acceptors (Lipinski definition) is 3. The van der Waals surface area contributed by atoms with Crippen LogP contribution in [0.2, 0.25) is 0 Å². The zero-order chi connectivity index (χ0) is 16.4. The maximum Gasteiger partial charge on any atom is 0.229 e. The Morgan fingerprint density at radius 3 is 2.75 bits per heavy atom. The molecule has 0 radical (unpaired) electrons. The van der Waals surface area contributed by atoms with E-state index in [0.717, 1.165) is 17.8 Å². The van der Waals surface area contributed by atoms with Crippen LogP contribution in [0, 0.1) is 5.92 Å². The van der Waals surface area contributed by atoms with Crippen LogP contribution in [0.1, 0.15) is 36.8 Å². The van der Waals surface area contributed by atoms with Crippen LogP contribution in [0.5, 0.6) is 0 Å². The maximum atomic E-state index is 12.8. The fraction of sp³-hybridized carbons (Fsp3) is 0.444. The summed E-state index contributed by atoms with van der Waals surface area (Å²) in [6.07, 6.45) is 3.86. The van der Waals surface area contributed by atoms with Crippen molar-refractivity contribution >= 4 is 24.0 Å². The van der Waals surface area contributed by atoms with Crippen molar-refractivity contribution in [2.45, 2.75) is 25.7 Å². The molecule has 0 spiro atoms. The van der Waals surface area contributed by atoms with Crippen molar-refractivity contribution in [1.82, 2.24) is 15.1 Å². The van der Waals surface area contributed by atoms with Gasteiger partial charge >= 0.3 is 0 Å². The highest BCUT2D eigenvalue weighted by molar-refractivity contribution is 5.94. The molecule has 0 saturated carbocycles. The zero-order valence-corrected chi connectivity index (χ0v) is 15.1. The molecular weight excluding hydrogens is 324 g/mol. The SMILES string of the molecule is CC(C)c1ccccc1NC(=O)[C@H]1CNC[C@@H]1c1cnn(C)c1.Cl. The van der Waals surface area contributed by atoms with Gasteiger partial charge in [-0.1, -0.05) is 32.0 Å². The van der Waals surface area contributed by atoms with Gasteiger partial charge in [0.25, 0.3) is 0 Å². The number of nitrogens with one attached hydrogen (secondary N) is 2. The number of halogens is 1. The first-order chi connectivity index (χ1) is 11.1. The van der Waals surface area contributed by atoms with Gasteiger partial charge in [0.2, 0.25) is 5.91 Å². The second-order valence-electron chi connectivity index (χ2n) is 6.55. The molecule has 1 aromatic heterocycles. The van der Waals surface area contributed by atoms with Crippen molar-refractivity contribution < 1.29 is 4.79 Å². The first-order valence-electron chi connectivity index (χ1n) is 8.15. The number of aryl methyl sites for hydroxylation is 1. The lowest BCUT2D eigenvalue weighted by Crippen LogP contribution is -2.28.